The summed E-state index contributed by atoms with van der Waals surface area (Å²) in [5.74, 6) is 4.29. The third-order valence-electron chi connectivity index (χ3n) is 9.44. The fraction of sp³-hybridized carbons (Fsp3) is 1.00. The Morgan fingerprint density at radius 1 is 0.568 bits per heavy atom. The molecule has 0 nitrogen and oxygen atoms in total. The lowest BCUT2D eigenvalue weighted by atomic mass is 9.50. The van der Waals surface area contributed by atoms with Gasteiger partial charge >= 0.3 is 0 Å². The predicted molar refractivity (Wildman–Crippen MR) is 173 cm³/mol. The van der Waals surface area contributed by atoms with Gasteiger partial charge in [0.15, 0.2) is 0 Å². The molecule has 1 rings (SSSR count). The van der Waals surface area contributed by atoms with Gasteiger partial charge in [-0.1, -0.05) is 205 Å². The van der Waals surface area contributed by atoms with Crippen LogP contribution in [0, 0.1) is 17.8 Å². The zero-order valence-corrected chi connectivity index (χ0v) is 26.0. The molecule has 3 heteroatoms. The molecule has 1 aliphatic carbocycles. The van der Waals surface area contributed by atoms with E-state index in [1.165, 1.54) is 154 Å². The highest BCUT2D eigenvalue weighted by Crippen LogP contribution is 2.33. The summed E-state index contributed by atoms with van der Waals surface area (Å²) in [5, 5.41) is 0. The molecule has 0 aromatic rings. The summed E-state index contributed by atoms with van der Waals surface area (Å²) in [4.78, 5) is 0. The van der Waals surface area contributed by atoms with Crippen LogP contribution in [0.4, 0.5) is 0 Å². The van der Waals surface area contributed by atoms with Gasteiger partial charge in [-0.3, -0.25) is 0 Å². The second-order valence-corrected chi connectivity index (χ2v) is 13.5. The van der Waals surface area contributed by atoms with Crippen LogP contribution in [0.15, 0.2) is 0 Å². The van der Waals surface area contributed by atoms with Crippen molar-refractivity contribution in [3.63, 3.8) is 0 Å². The zero-order valence-electron chi connectivity index (χ0n) is 26.0. The van der Waals surface area contributed by atoms with Gasteiger partial charge in [-0.15, -0.1) is 0 Å². The molecule has 4 atom stereocenters. The van der Waals surface area contributed by atoms with Gasteiger partial charge in [0.05, 0.1) is 15.7 Å². The second-order valence-electron chi connectivity index (χ2n) is 13.5. The summed E-state index contributed by atoms with van der Waals surface area (Å²) >= 11 is 0. The second kappa shape index (κ2) is 25.2. The van der Waals surface area contributed by atoms with Crippen molar-refractivity contribution in [2.24, 2.45) is 17.8 Å². The summed E-state index contributed by atoms with van der Waals surface area (Å²) in [6.45, 7) is 7.31. The fourth-order valence-corrected chi connectivity index (χ4v) is 6.60. The van der Waals surface area contributed by atoms with Crippen LogP contribution >= 0.6 is 0 Å². The molecule has 4 unspecified atom stereocenters. The molecule has 1 aliphatic rings. The minimum absolute atomic E-state index is 0.704. The Balaban J connectivity index is 2.50. The predicted octanol–water partition coefficient (Wildman–Crippen LogP) is 11.7. The van der Waals surface area contributed by atoms with Crippen molar-refractivity contribution in [3.8, 4) is 0 Å². The molecule has 0 amide bonds. The smallest absolute Gasteiger partial charge is 0.0887 e. The maximum Gasteiger partial charge on any atom is 0.117 e. The van der Waals surface area contributed by atoms with Gasteiger partial charge < -0.3 is 0 Å². The zero-order chi connectivity index (χ0) is 27.0. The maximum atomic E-state index is 5.79. The Bertz CT molecular complexity index is 450. The quantitative estimate of drug-likeness (QED) is 0.121. The van der Waals surface area contributed by atoms with E-state index in [-0.39, 0.29) is 0 Å². The highest BCUT2D eigenvalue weighted by atomic mass is 14.2. The average Bonchev–Trinajstić information content (AvgIpc) is 2.90. The number of hydrogen-bond donors (Lipinski definition) is 0. The van der Waals surface area contributed by atoms with Crippen LogP contribution in [-0.2, 0) is 0 Å². The normalized spacial score (nSPS) is 23.9. The Kier molecular flexibility index (Phi) is 24.0. The first-order valence-electron chi connectivity index (χ1n) is 17.3. The van der Waals surface area contributed by atoms with E-state index in [0.29, 0.717) is 5.92 Å². The molecule has 0 bridgehead atoms. The number of hydrogen-bond acceptors (Lipinski definition) is 0. The van der Waals surface area contributed by atoms with Gasteiger partial charge in [-0.05, 0) is 11.8 Å². The van der Waals surface area contributed by atoms with Gasteiger partial charge in [0.2, 0.25) is 0 Å². The topological polar surface area (TPSA) is 0 Å². The summed E-state index contributed by atoms with van der Waals surface area (Å²) in [7, 11) is 14.4. The maximum absolute atomic E-state index is 5.79. The molecule has 0 N–H and O–H groups in total. The lowest BCUT2D eigenvalue weighted by Crippen LogP contribution is -2.13. The first kappa shape index (κ1) is 35.2. The monoisotopic (exact) mass is 508 g/mol. The molecule has 211 valence electrons. The largest absolute Gasteiger partial charge is 0.117 e. The third-order valence-corrected chi connectivity index (χ3v) is 9.44. The van der Waals surface area contributed by atoms with E-state index in [9.17, 15) is 0 Å². The van der Waals surface area contributed by atoms with Crippen LogP contribution in [-0.4, -0.2) is 23.0 Å². The van der Waals surface area contributed by atoms with Crippen LogP contribution in [0.3, 0.4) is 0 Å². The highest BCUT2D eigenvalue weighted by molar-refractivity contribution is 6.39. The Hall–Kier alpha value is 0.195. The minimum atomic E-state index is 0.704. The molecule has 0 aromatic heterocycles. The molecular formula is C34H66B3. The molecule has 0 saturated heterocycles. The Morgan fingerprint density at radius 3 is 1.49 bits per heavy atom. The van der Waals surface area contributed by atoms with Gasteiger partial charge in [-0.2, -0.15) is 0 Å². The van der Waals surface area contributed by atoms with Gasteiger partial charge in [-0.25, -0.2) is 0 Å². The molecule has 0 spiro atoms. The number of unbranched alkanes of at least 4 members (excludes halogenated alkanes) is 9. The van der Waals surface area contributed by atoms with Crippen LogP contribution in [0.5, 0.6) is 0 Å². The molecular weight excluding hydrogens is 441 g/mol. The Labute approximate surface area is 239 Å². The number of rotatable bonds is 19. The third kappa shape index (κ3) is 21.7. The van der Waals surface area contributed by atoms with Gasteiger partial charge in [0.1, 0.15) is 7.28 Å². The van der Waals surface area contributed by atoms with Crippen molar-refractivity contribution in [2.75, 3.05) is 0 Å². The minimum Gasteiger partial charge on any atom is -0.0887 e. The van der Waals surface area contributed by atoms with Crippen molar-refractivity contribution in [1.82, 2.24) is 0 Å². The van der Waals surface area contributed by atoms with Crippen molar-refractivity contribution >= 4 is 23.0 Å². The fourth-order valence-electron chi connectivity index (χ4n) is 6.60. The summed E-state index contributed by atoms with van der Waals surface area (Å²) in [6, 6.07) is 0. The van der Waals surface area contributed by atoms with E-state index in [1.54, 1.807) is 0 Å². The van der Waals surface area contributed by atoms with Crippen molar-refractivity contribution in [3.05, 3.63) is 0 Å². The molecule has 5 radical (unpaired) electrons. The summed E-state index contributed by atoms with van der Waals surface area (Å²) in [6.07, 6.45) is 35.7. The van der Waals surface area contributed by atoms with Gasteiger partial charge in [0.25, 0.3) is 0 Å². The molecule has 0 aromatic carbocycles. The van der Waals surface area contributed by atoms with Crippen LogP contribution < -0.4 is 0 Å². The van der Waals surface area contributed by atoms with E-state index < -0.39 is 0 Å². The lowest BCUT2D eigenvalue weighted by Gasteiger charge is -2.24. The van der Waals surface area contributed by atoms with E-state index in [1.807, 2.05) is 0 Å². The molecule has 1 fully saturated rings. The van der Waals surface area contributed by atoms with Crippen molar-refractivity contribution < 1.29 is 0 Å². The first-order valence-corrected chi connectivity index (χ1v) is 17.3. The molecule has 1 saturated carbocycles. The molecule has 0 aliphatic heterocycles. The Morgan fingerprint density at radius 2 is 1.00 bits per heavy atom. The van der Waals surface area contributed by atoms with Gasteiger partial charge in [0, 0.05) is 0 Å². The SMILES string of the molecule is [B]CCCCCCCCC([B]C1CCCC(C)CCCCC(C)CCC1)CCCCCCCC(C)C[B]. The highest BCUT2D eigenvalue weighted by Gasteiger charge is 2.19. The lowest BCUT2D eigenvalue weighted by molar-refractivity contribution is 0.417. The van der Waals surface area contributed by atoms with Crippen LogP contribution in [0.25, 0.3) is 0 Å². The van der Waals surface area contributed by atoms with E-state index >= 15 is 0 Å². The average molecular weight is 507 g/mol. The van der Waals surface area contributed by atoms with E-state index in [4.69, 9.17) is 15.7 Å². The van der Waals surface area contributed by atoms with Crippen molar-refractivity contribution in [2.45, 2.75) is 199 Å². The van der Waals surface area contributed by atoms with E-state index in [0.717, 1.165) is 36.1 Å². The molecule has 37 heavy (non-hydrogen) atoms. The molecule has 0 heterocycles. The standard InChI is InChI=1S/C34H66B3/c1-30-19-14-15-20-31(2)23-18-27-34(26-17-22-30)37-33(24-12-8-4-5-10-16-28-35)25-13-9-6-7-11-21-32(3)29-36/h30-34H,4-29H2,1-3H3. The summed E-state index contributed by atoms with van der Waals surface area (Å²) < 4.78 is 0. The van der Waals surface area contributed by atoms with Crippen molar-refractivity contribution in [1.29, 1.82) is 0 Å². The first-order chi connectivity index (χ1) is 18.0. The summed E-state index contributed by atoms with van der Waals surface area (Å²) in [5.41, 5.74) is 0. The van der Waals surface area contributed by atoms with E-state index in [2.05, 4.69) is 28.1 Å². The van der Waals surface area contributed by atoms with Crippen LogP contribution in [0.2, 0.25) is 24.3 Å². The van der Waals surface area contributed by atoms with Crippen LogP contribution in [0.1, 0.15) is 175 Å².